The highest BCUT2D eigenvalue weighted by Crippen LogP contribution is 2.31. The van der Waals surface area contributed by atoms with Crippen molar-refractivity contribution in [3.05, 3.63) is 76.3 Å². The van der Waals surface area contributed by atoms with Crippen LogP contribution in [-0.2, 0) is 20.9 Å². The summed E-state index contributed by atoms with van der Waals surface area (Å²) in [6, 6.07) is 14.3. The fourth-order valence-corrected chi connectivity index (χ4v) is 4.20. The lowest BCUT2D eigenvalue weighted by molar-refractivity contribution is -0.145. The second kappa shape index (κ2) is 10.9. The van der Waals surface area contributed by atoms with Gasteiger partial charge in [0.15, 0.2) is 5.13 Å². The van der Waals surface area contributed by atoms with E-state index in [1.165, 1.54) is 18.3 Å². The number of nitrogens with zero attached hydrogens (tertiary/aromatic N) is 2. The number of hydrogen-bond acceptors (Lipinski definition) is 6. The number of carbonyl (C=O) groups is 3. The molecule has 0 spiro atoms. The van der Waals surface area contributed by atoms with E-state index in [1.807, 2.05) is 38.1 Å². The van der Waals surface area contributed by atoms with Crippen LogP contribution in [0.15, 0.2) is 53.9 Å². The number of anilines is 2. The van der Waals surface area contributed by atoms with Gasteiger partial charge in [-0.05, 0) is 44.5 Å². The molecule has 0 fully saturated rings. The molecule has 2 aromatic carbocycles. The van der Waals surface area contributed by atoms with Gasteiger partial charge in [0, 0.05) is 23.9 Å². The fourth-order valence-electron chi connectivity index (χ4n) is 3.34. The van der Waals surface area contributed by atoms with E-state index < -0.39 is 5.97 Å². The second-order valence-corrected chi connectivity index (χ2v) is 8.71. The van der Waals surface area contributed by atoms with Gasteiger partial charge in [0.2, 0.25) is 5.91 Å². The van der Waals surface area contributed by atoms with Gasteiger partial charge in [-0.3, -0.25) is 19.3 Å². The fraction of sp³-hybridized carbons (Fsp3) is 0.280. The number of ether oxygens (including phenoxy) is 1. The molecule has 1 unspecified atom stereocenters. The van der Waals surface area contributed by atoms with Crippen molar-refractivity contribution in [1.29, 1.82) is 0 Å². The van der Waals surface area contributed by atoms with Crippen molar-refractivity contribution < 1.29 is 19.1 Å². The molecule has 0 saturated heterocycles. The molecule has 0 saturated carbocycles. The van der Waals surface area contributed by atoms with E-state index in [0.29, 0.717) is 16.4 Å². The van der Waals surface area contributed by atoms with E-state index in [-0.39, 0.29) is 30.9 Å². The minimum absolute atomic E-state index is 0.00664. The van der Waals surface area contributed by atoms with Gasteiger partial charge in [-0.1, -0.05) is 35.9 Å². The smallest absolute Gasteiger partial charge is 0.308 e. The summed E-state index contributed by atoms with van der Waals surface area (Å²) in [7, 11) is 0. The van der Waals surface area contributed by atoms with Crippen molar-refractivity contribution in [1.82, 2.24) is 10.3 Å². The third-order valence-electron chi connectivity index (χ3n) is 4.91. The number of amides is 2. The molecule has 0 radical (unpaired) electrons. The molecule has 1 atom stereocenters. The van der Waals surface area contributed by atoms with Gasteiger partial charge in [0.1, 0.15) is 6.61 Å². The zero-order chi connectivity index (χ0) is 24.0. The van der Waals surface area contributed by atoms with Gasteiger partial charge in [-0.2, -0.15) is 0 Å². The van der Waals surface area contributed by atoms with Crippen molar-refractivity contribution >= 4 is 39.9 Å². The highest BCUT2D eigenvalue weighted by atomic mass is 32.1. The summed E-state index contributed by atoms with van der Waals surface area (Å²) in [5, 5.41) is 5.07. The minimum atomic E-state index is -0.441. The molecule has 1 aromatic heterocycles. The van der Waals surface area contributed by atoms with Gasteiger partial charge >= 0.3 is 5.97 Å². The number of carbonyl (C=O) groups excluding carboxylic acids is 3. The average molecular weight is 466 g/mol. The van der Waals surface area contributed by atoms with Crippen molar-refractivity contribution in [3.63, 3.8) is 0 Å². The van der Waals surface area contributed by atoms with Gasteiger partial charge in [0.05, 0.1) is 17.8 Å². The van der Waals surface area contributed by atoms with Gasteiger partial charge in [-0.15, -0.1) is 11.3 Å². The normalized spacial score (nSPS) is 11.5. The highest BCUT2D eigenvalue weighted by Gasteiger charge is 2.20. The summed E-state index contributed by atoms with van der Waals surface area (Å²) < 4.78 is 5.34. The van der Waals surface area contributed by atoms with E-state index in [4.69, 9.17) is 4.74 Å². The molecule has 3 rings (SSSR count). The predicted molar refractivity (Wildman–Crippen MR) is 129 cm³/mol. The Morgan fingerprint density at radius 3 is 2.52 bits per heavy atom. The standard InChI is InChI=1S/C25H27N3O4S/c1-16-10-11-22(17(2)12-16)28(19(4)29)25-27-21(15-33-25)14-32-23(30)13-18(3)26-24(31)20-8-6-5-7-9-20/h5-12,15,18H,13-14H2,1-4H3,(H,26,31). The summed E-state index contributed by atoms with van der Waals surface area (Å²) in [6.07, 6.45) is 0.0394. The van der Waals surface area contributed by atoms with Crippen LogP contribution in [0.1, 0.15) is 47.4 Å². The summed E-state index contributed by atoms with van der Waals surface area (Å²) in [6.45, 7) is 7.18. The molecule has 1 N–H and O–H groups in total. The summed E-state index contributed by atoms with van der Waals surface area (Å²) >= 11 is 1.31. The molecule has 2 amide bonds. The van der Waals surface area contributed by atoms with Crippen molar-refractivity contribution in [3.8, 4) is 0 Å². The zero-order valence-corrected chi connectivity index (χ0v) is 19.9. The van der Waals surface area contributed by atoms with Crippen LogP contribution in [0.3, 0.4) is 0 Å². The summed E-state index contributed by atoms with van der Waals surface area (Å²) in [5.41, 5.74) is 3.95. The molecule has 0 aliphatic rings. The van der Waals surface area contributed by atoms with E-state index in [9.17, 15) is 14.4 Å². The Balaban J connectivity index is 1.57. The Bertz CT molecular complexity index is 1140. The lowest BCUT2D eigenvalue weighted by atomic mass is 10.1. The molecule has 8 heteroatoms. The quantitative estimate of drug-likeness (QED) is 0.487. The Labute approximate surface area is 197 Å². The zero-order valence-electron chi connectivity index (χ0n) is 19.1. The first-order valence-corrected chi connectivity index (χ1v) is 11.5. The second-order valence-electron chi connectivity index (χ2n) is 7.87. The maximum Gasteiger partial charge on any atom is 0.308 e. The number of benzene rings is 2. The number of hydrogen-bond donors (Lipinski definition) is 1. The Hall–Kier alpha value is -3.52. The van der Waals surface area contributed by atoms with Crippen LogP contribution < -0.4 is 10.2 Å². The number of aromatic nitrogens is 1. The first-order valence-electron chi connectivity index (χ1n) is 10.6. The number of aryl methyl sites for hydroxylation is 2. The van der Waals surface area contributed by atoms with Gasteiger partial charge in [0.25, 0.3) is 5.91 Å². The average Bonchev–Trinajstić information content (AvgIpc) is 3.22. The van der Waals surface area contributed by atoms with Crippen molar-refractivity contribution in [2.45, 2.75) is 46.8 Å². The Kier molecular flexibility index (Phi) is 7.95. The van der Waals surface area contributed by atoms with Crippen LogP contribution in [0, 0.1) is 13.8 Å². The monoisotopic (exact) mass is 465 g/mol. The molecule has 7 nitrogen and oxygen atoms in total. The third kappa shape index (κ3) is 6.49. The first kappa shape index (κ1) is 24.1. The lowest BCUT2D eigenvalue weighted by Crippen LogP contribution is -2.34. The van der Waals surface area contributed by atoms with E-state index >= 15 is 0 Å². The molecule has 172 valence electrons. The highest BCUT2D eigenvalue weighted by molar-refractivity contribution is 7.14. The van der Waals surface area contributed by atoms with E-state index in [2.05, 4.69) is 10.3 Å². The molecule has 0 aliphatic heterocycles. The van der Waals surface area contributed by atoms with Crippen LogP contribution in [0.25, 0.3) is 0 Å². The van der Waals surface area contributed by atoms with Gasteiger partial charge in [-0.25, -0.2) is 4.98 Å². The Morgan fingerprint density at radius 1 is 1.12 bits per heavy atom. The largest absolute Gasteiger partial charge is 0.459 e. The number of esters is 1. The molecular formula is C25H27N3O4S. The molecule has 33 heavy (non-hydrogen) atoms. The third-order valence-corrected chi connectivity index (χ3v) is 5.78. The van der Waals surface area contributed by atoms with Crippen LogP contribution in [0.2, 0.25) is 0 Å². The molecule has 1 heterocycles. The first-order chi connectivity index (χ1) is 15.7. The SMILES string of the molecule is CC(=O)N(c1nc(COC(=O)CC(C)NC(=O)c2ccccc2)cs1)c1ccc(C)cc1C. The molecule has 3 aromatic rings. The maximum atomic E-state index is 12.3. The Morgan fingerprint density at radius 2 is 1.85 bits per heavy atom. The number of rotatable bonds is 8. The van der Waals surface area contributed by atoms with E-state index in [0.717, 1.165) is 16.8 Å². The lowest BCUT2D eigenvalue weighted by Gasteiger charge is -2.20. The van der Waals surface area contributed by atoms with Crippen molar-refractivity contribution in [2.24, 2.45) is 0 Å². The van der Waals surface area contributed by atoms with Gasteiger partial charge < -0.3 is 10.1 Å². The van der Waals surface area contributed by atoms with Crippen LogP contribution in [-0.4, -0.2) is 28.8 Å². The maximum absolute atomic E-state index is 12.3. The minimum Gasteiger partial charge on any atom is -0.459 e. The summed E-state index contributed by atoms with van der Waals surface area (Å²) in [5.74, 6) is -0.832. The van der Waals surface area contributed by atoms with Crippen LogP contribution >= 0.6 is 11.3 Å². The molecular weight excluding hydrogens is 438 g/mol. The number of thiazole rings is 1. The molecule has 0 bridgehead atoms. The molecule has 0 aliphatic carbocycles. The van der Waals surface area contributed by atoms with E-state index in [1.54, 1.807) is 41.5 Å². The van der Waals surface area contributed by atoms with Crippen LogP contribution in [0.4, 0.5) is 10.8 Å². The van der Waals surface area contributed by atoms with Crippen molar-refractivity contribution in [2.75, 3.05) is 4.90 Å². The van der Waals surface area contributed by atoms with Crippen LogP contribution in [0.5, 0.6) is 0 Å². The predicted octanol–water partition coefficient (Wildman–Crippen LogP) is 4.70. The summed E-state index contributed by atoms with van der Waals surface area (Å²) in [4.78, 5) is 42.8. The topological polar surface area (TPSA) is 88.6 Å². The number of nitrogens with one attached hydrogen (secondary N) is 1.